The van der Waals surface area contributed by atoms with Gasteiger partial charge in [-0.1, -0.05) is 17.8 Å². The van der Waals surface area contributed by atoms with E-state index in [9.17, 15) is 4.79 Å². The Balaban J connectivity index is 1.40. The molecule has 0 unspecified atom stereocenters. The van der Waals surface area contributed by atoms with Crippen LogP contribution < -0.4 is 14.8 Å². The minimum absolute atomic E-state index is 0.127. The number of benzene rings is 1. The van der Waals surface area contributed by atoms with Crippen molar-refractivity contribution in [3.8, 4) is 22.9 Å². The first-order chi connectivity index (χ1) is 13.7. The minimum Gasteiger partial charge on any atom is -0.486 e. The number of aryl methyl sites for hydroxylation is 1. The summed E-state index contributed by atoms with van der Waals surface area (Å²) in [4.78, 5) is 25.5. The molecule has 1 aliphatic rings. The Labute approximate surface area is 166 Å². The molecule has 28 heavy (non-hydrogen) atoms. The largest absolute Gasteiger partial charge is 0.486 e. The molecule has 4 rings (SSSR count). The molecule has 8 heteroatoms. The molecule has 2 aromatic heterocycles. The predicted molar refractivity (Wildman–Crippen MR) is 107 cm³/mol. The van der Waals surface area contributed by atoms with E-state index in [1.807, 2.05) is 31.2 Å². The summed E-state index contributed by atoms with van der Waals surface area (Å²) >= 11 is 1.35. The van der Waals surface area contributed by atoms with E-state index >= 15 is 0 Å². The van der Waals surface area contributed by atoms with Crippen LogP contribution in [0.3, 0.4) is 0 Å². The molecule has 0 saturated carbocycles. The zero-order chi connectivity index (χ0) is 19.3. The van der Waals surface area contributed by atoms with Crippen LogP contribution in [0, 0.1) is 6.92 Å². The molecule has 0 spiro atoms. The van der Waals surface area contributed by atoms with Crippen LogP contribution in [0.5, 0.6) is 11.5 Å². The Morgan fingerprint density at radius 1 is 1.07 bits per heavy atom. The zero-order valence-electron chi connectivity index (χ0n) is 15.2. The molecule has 142 valence electrons. The molecule has 1 aromatic carbocycles. The monoisotopic (exact) mass is 394 g/mol. The number of carbonyl (C=O) groups is 1. The molecule has 0 bridgehead atoms. The summed E-state index contributed by atoms with van der Waals surface area (Å²) in [7, 11) is 0. The fraction of sp³-hybridized carbons (Fsp3) is 0.200. The van der Waals surface area contributed by atoms with Gasteiger partial charge in [0.25, 0.3) is 0 Å². The van der Waals surface area contributed by atoms with Gasteiger partial charge >= 0.3 is 0 Å². The van der Waals surface area contributed by atoms with Crippen LogP contribution in [-0.4, -0.2) is 39.8 Å². The number of ether oxygens (including phenoxy) is 2. The number of anilines is 1. The first-order valence-corrected chi connectivity index (χ1v) is 9.75. The second kappa shape index (κ2) is 8.26. The Morgan fingerprint density at radius 2 is 1.93 bits per heavy atom. The third-order valence-corrected chi connectivity index (χ3v) is 4.83. The van der Waals surface area contributed by atoms with E-state index < -0.39 is 0 Å². The molecule has 7 nitrogen and oxygen atoms in total. The van der Waals surface area contributed by atoms with Gasteiger partial charge in [-0.15, -0.1) is 0 Å². The number of amides is 1. The lowest BCUT2D eigenvalue weighted by atomic mass is 10.2. The summed E-state index contributed by atoms with van der Waals surface area (Å²) in [5.41, 5.74) is 2.18. The molecule has 1 aliphatic heterocycles. The molecular formula is C20H18N4O3S. The van der Waals surface area contributed by atoms with Crippen molar-refractivity contribution in [3.05, 3.63) is 54.5 Å². The maximum Gasteiger partial charge on any atom is 0.234 e. The maximum absolute atomic E-state index is 12.3. The molecule has 0 atom stereocenters. The van der Waals surface area contributed by atoms with Crippen molar-refractivity contribution in [3.63, 3.8) is 0 Å². The van der Waals surface area contributed by atoms with Gasteiger partial charge in [0.05, 0.1) is 17.1 Å². The van der Waals surface area contributed by atoms with E-state index in [4.69, 9.17) is 9.47 Å². The topological polar surface area (TPSA) is 86.2 Å². The fourth-order valence-corrected chi connectivity index (χ4v) is 3.46. The molecule has 3 aromatic rings. The highest BCUT2D eigenvalue weighted by molar-refractivity contribution is 7.99. The molecule has 1 N–H and O–H groups in total. The Morgan fingerprint density at radius 3 is 2.75 bits per heavy atom. The molecule has 0 fully saturated rings. The van der Waals surface area contributed by atoms with Gasteiger partial charge < -0.3 is 14.8 Å². The maximum atomic E-state index is 12.3. The number of aromatic nitrogens is 3. The zero-order valence-corrected chi connectivity index (χ0v) is 16.0. The lowest BCUT2D eigenvalue weighted by molar-refractivity contribution is -0.113. The van der Waals surface area contributed by atoms with Crippen molar-refractivity contribution in [2.75, 3.05) is 24.3 Å². The van der Waals surface area contributed by atoms with Crippen LogP contribution in [0.2, 0.25) is 0 Å². The standard InChI is InChI=1S/C20H18N4O3S/c1-13-22-16(15-4-2-3-7-21-15)11-20(23-13)28-12-19(25)24-14-5-6-17-18(10-14)27-9-8-26-17/h2-7,10-11H,8-9,12H2,1H3,(H,24,25). The van der Waals surface area contributed by atoms with Crippen molar-refractivity contribution in [2.45, 2.75) is 11.9 Å². The number of thioether (sulfide) groups is 1. The van der Waals surface area contributed by atoms with Crippen LogP contribution >= 0.6 is 11.8 Å². The Hall–Kier alpha value is -3.13. The van der Waals surface area contributed by atoms with Crippen molar-refractivity contribution in [1.82, 2.24) is 15.0 Å². The van der Waals surface area contributed by atoms with Crippen LogP contribution in [-0.2, 0) is 4.79 Å². The molecule has 0 radical (unpaired) electrons. The molecular weight excluding hydrogens is 376 g/mol. The van der Waals surface area contributed by atoms with Gasteiger partial charge in [-0.05, 0) is 37.3 Å². The quantitative estimate of drug-likeness (QED) is 0.524. The summed E-state index contributed by atoms with van der Waals surface area (Å²) in [6, 6.07) is 12.9. The van der Waals surface area contributed by atoms with E-state index in [0.717, 1.165) is 16.4 Å². The predicted octanol–water partition coefficient (Wildman–Crippen LogP) is 3.35. The highest BCUT2D eigenvalue weighted by Gasteiger charge is 2.13. The van der Waals surface area contributed by atoms with E-state index in [2.05, 4.69) is 20.3 Å². The second-order valence-corrected chi connectivity index (χ2v) is 7.04. The summed E-state index contributed by atoms with van der Waals surface area (Å²) in [6.45, 7) is 2.87. The van der Waals surface area contributed by atoms with E-state index in [0.29, 0.717) is 36.2 Å². The number of nitrogens with zero attached hydrogens (tertiary/aromatic N) is 3. The lowest BCUT2D eigenvalue weighted by Crippen LogP contribution is -2.17. The molecule has 0 aliphatic carbocycles. The summed E-state index contributed by atoms with van der Waals surface area (Å²) in [6.07, 6.45) is 1.72. The first-order valence-electron chi connectivity index (χ1n) is 8.77. The van der Waals surface area contributed by atoms with Gasteiger partial charge in [0.1, 0.15) is 24.1 Å². The Bertz CT molecular complexity index is 998. The van der Waals surface area contributed by atoms with Crippen LogP contribution in [0.1, 0.15) is 5.82 Å². The number of hydrogen-bond donors (Lipinski definition) is 1. The fourth-order valence-electron chi connectivity index (χ4n) is 2.72. The molecule has 3 heterocycles. The number of carbonyl (C=O) groups excluding carboxylic acids is 1. The smallest absolute Gasteiger partial charge is 0.234 e. The Kier molecular flexibility index (Phi) is 5.38. The first kappa shape index (κ1) is 18.2. The minimum atomic E-state index is -0.127. The van der Waals surface area contributed by atoms with Crippen molar-refractivity contribution >= 4 is 23.4 Å². The summed E-state index contributed by atoms with van der Waals surface area (Å²) < 4.78 is 11.0. The number of hydrogen-bond acceptors (Lipinski definition) is 7. The summed E-state index contributed by atoms with van der Waals surface area (Å²) in [5, 5.41) is 3.60. The molecule has 1 amide bonds. The highest BCUT2D eigenvalue weighted by Crippen LogP contribution is 2.32. The van der Waals surface area contributed by atoms with Gasteiger partial charge in [0, 0.05) is 18.0 Å². The average molecular weight is 394 g/mol. The van der Waals surface area contributed by atoms with Gasteiger partial charge in [0.15, 0.2) is 11.5 Å². The SMILES string of the molecule is Cc1nc(SCC(=O)Nc2ccc3c(c2)OCCO3)cc(-c2ccccn2)n1. The van der Waals surface area contributed by atoms with E-state index in [-0.39, 0.29) is 11.7 Å². The van der Waals surface area contributed by atoms with Crippen LogP contribution in [0.25, 0.3) is 11.4 Å². The lowest BCUT2D eigenvalue weighted by Gasteiger charge is -2.19. The normalized spacial score (nSPS) is 12.5. The van der Waals surface area contributed by atoms with E-state index in [1.165, 1.54) is 11.8 Å². The number of fused-ring (bicyclic) bond motifs is 1. The third-order valence-electron chi connectivity index (χ3n) is 3.92. The van der Waals surface area contributed by atoms with Crippen LogP contribution in [0.4, 0.5) is 5.69 Å². The van der Waals surface area contributed by atoms with Crippen molar-refractivity contribution in [1.29, 1.82) is 0 Å². The average Bonchev–Trinajstić information content (AvgIpc) is 2.72. The summed E-state index contributed by atoms with van der Waals surface area (Å²) in [5.74, 6) is 2.07. The van der Waals surface area contributed by atoms with Crippen molar-refractivity contribution < 1.29 is 14.3 Å². The van der Waals surface area contributed by atoms with Crippen molar-refractivity contribution in [2.24, 2.45) is 0 Å². The third kappa shape index (κ3) is 4.40. The highest BCUT2D eigenvalue weighted by atomic mass is 32.2. The van der Waals surface area contributed by atoms with Crippen LogP contribution in [0.15, 0.2) is 53.7 Å². The number of pyridine rings is 1. The van der Waals surface area contributed by atoms with Gasteiger partial charge in [0.2, 0.25) is 5.91 Å². The van der Waals surface area contributed by atoms with E-state index in [1.54, 1.807) is 24.4 Å². The van der Waals surface area contributed by atoms with Gasteiger partial charge in [-0.3, -0.25) is 9.78 Å². The number of rotatable bonds is 5. The second-order valence-electron chi connectivity index (χ2n) is 6.05. The van der Waals surface area contributed by atoms with Gasteiger partial charge in [-0.2, -0.15) is 0 Å². The van der Waals surface area contributed by atoms with Gasteiger partial charge in [-0.25, -0.2) is 9.97 Å². The number of nitrogens with one attached hydrogen (secondary N) is 1. The molecule has 0 saturated heterocycles.